The van der Waals surface area contributed by atoms with Crippen molar-refractivity contribution in [1.82, 2.24) is 0 Å². The average molecular weight is 170 g/mol. The van der Waals surface area contributed by atoms with Crippen LogP contribution in [-0.4, -0.2) is 18.9 Å². The first-order valence-electron chi connectivity index (χ1n) is 3.67. The molecule has 3 nitrogen and oxygen atoms in total. The van der Waals surface area contributed by atoms with Gasteiger partial charge in [0.2, 0.25) is 5.78 Å². The summed E-state index contributed by atoms with van der Waals surface area (Å²) >= 11 is 0. The van der Waals surface area contributed by atoms with Gasteiger partial charge in [0.1, 0.15) is 0 Å². The fourth-order valence-electron chi connectivity index (χ4n) is 0.672. The van der Waals surface area contributed by atoms with Crippen molar-refractivity contribution in [2.75, 3.05) is 7.11 Å². The molecule has 0 aliphatic heterocycles. The van der Waals surface area contributed by atoms with Crippen LogP contribution in [0.3, 0.4) is 0 Å². The third-order valence-electron chi connectivity index (χ3n) is 1.58. The number of carbonyl (C=O) groups is 2. The van der Waals surface area contributed by atoms with Gasteiger partial charge < -0.3 is 4.74 Å². The zero-order valence-electron chi connectivity index (χ0n) is 7.72. The Bertz CT molecular complexity index is 204. The van der Waals surface area contributed by atoms with Crippen molar-refractivity contribution in [3.8, 4) is 0 Å². The lowest BCUT2D eigenvalue weighted by Crippen LogP contribution is -2.22. The largest absolute Gasteiger partial charge is 0.463 e. The van der Waals surface area contributed by atoms with Gasteiger partial charge in [0.15, 0.2) is 0 Å². The van der Waals surface area contributed by atoms with Crippen molar-refractivity contribution in [1.29, 1.82) is 0 Å². The quantitative estimate of drug-likeness (QED) is 0.363. The summed E-state index contributed by atoms with van der Waals surface area (Å²) in [5, 5.41) is 0. The van der Waals surface area contributed by atoms with E-state index in [2.05, 4.69) is 11.3 Å². The fourth-order valence-corrected chi connectivity index (χ4v) is 0.672. The molecule has 0 unspecified atom stereocenters. The highest BCUT2D eigenvalue weighted by atomic mass is 16.5. The van der Waals surface area contributed by atoms with Crippen molar-refractivity contribution in [3.05, 3.63) is 12.7 Å². The van der Waals surface area contributed by atoms with Crippen molar-refractivity contribution in [2.45, 2.75) is 20.3 Å². The first-order valence-corrected chi connectivity index (χ1v) is 3.67. The van der Waals surface area contributed by atoms with Crippen LogP contribution in [0.15, 0.2) is 12.7 Å². The number of rotatable bonds is 4. The van der Waals surface area contributed by atoms with Gasteiger partial charge in [0.25, 0.3) is 0 Å². The lowest BCUT2D eigenvalue weighted by molar-refractivity contribution is -0.152. The molecule has 0 radical (unpaired) electrons. The van der Waals surface area contributed by atoms with Crippen molar-refractivity contribution in [2.24, 2.45) is 5.41 Å². The van der Waals surface area contributed by atoms with Gasteiger partial charge in [-0.05, 0) is 5.41 Å². The summed E-state index contributed by atoms with van der Waals surface area (Å²) in [5.74, 6) is -1.30. The van der Waals surface area contributed by atoms with Gasteiger partial charge in [-0.25, -0.2) is 4.79 Å². The Labute approximate surface area is 72.4 Å². The van der Waals surface area contributed by atoms with Gasteiger partial charge >= 0.3 is 5.97 Å². The van der Waals surface area contributed by atoms with Gasteiger partial charge in [-0.2, -0.15) is 0 Å². The molecule has 0 aliphatic rings. The summed E-state index contributed by atoms with van der Waals surface area (Å²) in [6.07, 6.45) is 1.79. The molecule has 0 bridgehead atoms. The minimum Gasteiger partial charge on any atom is -0.463 e. The van der Waals surface area contributed by atoms with Crippen LogP contribution in [0, 0.1) is 5.41 Å². The summed E-state index contributed by atoms with van der Waals surface area (Å²) in [6, 6.07) is 0. The lowest BCUT2D eigenvalue weighted by atomic mass is 9.88. The molecular weight excluding hydrogens is 156 g/mol. The van der Waals surface area contributed by atoms with Crippen LogP contribution >= 0.6 is 0 Å². The Balaban J connectivity index is 4.18. The first kappa shape index (κ1) is 10.9. The van der Waals surface area contributed by atoms with E-state index in [1.807, 2.05) is 13.8 Å². The molecule has 0 fully saturated rings. The molecule has 0 aromatic rings. The van der Waals surface area contributed by atoms with E-state index in [4.69, 9.17) is 0 Å². The topological polar surface area (TPSA) is 43.4 Å². The maximum Gasteiger partial charge on any atom is 0.374 e. The number of ether oxygens (including phenoxy) is 1. The fraction of sp³-hybridized carbons (Fsp3) is 0.556. The highest BCUT2D eigenvalue weighted by Crippen LogP contribution is 2.21. The molecule has 0 amide bonds. The van der Waals surface area contributed by atoms with Crippen LogP contribution in [0.1, 0.15) is 20.3 Å². The standard InChI is InChI=1S/C9H14O3/c1-5-9(2,3)6-7(10)8(11)12-4/h5H,1,6H2,2-4H3. The van der Waals surface area contributed by atoms with Crippen LogP contribution in [0.4, 0.5) is 0 Å². The van der Waals surface area contributed by atoms with E-state index in [0.717, 1.165) is 0 Å². The first-order chi connectivity index (χ1) is 5.43. The highest BCUT2D eigenvalue weighted by molar-refractivity contribution is 6.33. The molecule has 0 saturated carbocycles. The van der Waals surface area contributed by atoms with Crippen molar-refractivity contribution < 1.29 is 14.3 Å². The van der Waals surface area contributed by atoms with Crippen LogP contribution in [0.5, 0.6) is 0 Å². The second-order valence-corrected chi connectivity index (χ2v) is 3.28. The number of esters is 1. The molecule has 0 atom stereocenters. The van der Waals surface area contributed by atoms with Crippen LogP contribution in [0.2, 0.25) is 0 Å². The van der Waals surface area contributed by atoms with Crippen molar-refractivity contribution in [3.63, 3.8) is 0 Å². The molecule has 0 heterocycles. The number of methoxy groups -OCH3 is 1. The Morgan fingerprint density at radius 2 is 2.00 bits per heavy atom. The zero-order chi connectivity index (χ0) is 9.78. The molecule has 12 heavy (non-hydrogen) atoms. The summed E-state index contributed by atoms with van der Waals surface area (Å²) in [7, 11) is 1.20. The SMILES string of the molecule is C=CC(C)(C)CC(=O)C(=O)OC. The molecule has 0 aliphatic carbocycles. The van der Waals surface area contributed by atoms with E-state index < -0.39 is 11.8 Å². The molecule has 0 aromatic heterocycles. The monoisotopic (exact) mass is 170 g/mol. The highest BCUT2D eigenvalue weighted by Gasteiger charge is 2.23. The van der Waals surface area contributed by atoms with Crippen LogP contribution in [-0.2, 0) is 14.3 Å². The zero-order valence-corrected chi connectivity index (χ0v) is 7.72. The molecule has 0 saturated heterocycles. The number of allylic oxidation sites excluding steroid dienone is 1. The molecule has 0 aromatic carbocycles. The second kappa shape index (κ2) is 4.04. The Kier molecular flexibility index (Phi) is 3.67. The number of hydrogen-bond acceptors (Lipinski definition) is 3. The van der Waals surface area contributed by atoms with E-state index in [1.165, 1.54) is 7.11 Å². The van der Waals surface area contributed by atoms with Gasteiger partial charge in [-0.1, -0.05) is 19.9 Å². The normalized spacial score (nSPS) is 10.6. The van der Waals surface area contributed by atoms with Gasteiger partial charge in [0.05, 0.1) is 7.11 Å². The van der Waals surface area contributed by atoms with Crippen LogP contribution in [0.25, 0.3) is 0 Å². The predicted molar refractivity (Wildman–Crippen MR) is 45.6 cm³/mol. The summed E-state index contributed by atoms with van der Waals surface area (Å²) in [4.78, 5) is 21.7. The second-order valence-electron chi connectivity index (χ2n) is 3.28. The van der Waals surface area contributed by atoms with E-state index in [1.54, 1.807) is 6.08 Å². The Morgan fingerprint density at radius 3 is 2.33 bits per heavy atom. The summed E-state index contributed by atoms with van der Waals surface area (Å²) < 4.78 is 4.28. The average Bonchev–Trinajstić information content (AvgIpc) is 2.02. The maximum absolute atomic E-state index is 11.0. The minimum absolute atomic E-state index is 0.142. The molecular formula is C9H14O3. The lowest BCUT2D eigenvalue weighted by Gasteiger charge is -2.16. The van der Waals surface area contributed by atoms with E-state index >= 15 is 0 Å². The van der Waals surface area contributed by atoms with E-state index in [0.29, 0.717) is 0 Å². The van der Waals surface area contributed by atoms with Gasteiger partial charge in [-0.15, -0.1) is 6.58 Å². The third kappa shape index (κ3) is 3.32. The Morgan fingerprint density at radius 1 is 1.50 bits per heavy atom. The van der Waals surface area contributed by atoms with Crippen LogP contribution < -0.4 is 0 Å². The summed E-state index contributed by atoms with van der Waals surface area (Å²) in [5.41, 5.74) is -0.342. The molecule has 0 N–H and O–H groups in total. The molecule has 0 rings (SSSR count). The summed E-state index contributed by atoms with van der Waals surface area (Å²) in [6.45, 7) is 7.23. The predicted octanol–water partition coefficient (Wildman–Crippen LogP) is 1.33. The number of hydrogen-bond donors (Lipinski definition) is 0. The minimum atomic E-state index is -0.787. The van der Waals surface area contributed by atoms with Gasteiger partial charge in [-0.3, -0.25) is 4.79 Å². The molecule has 0 spiro atoms. The van der Waals surface area contributed by atoms with E-state index in [9.17, 15) is 9.59 Å². The molecule has 3 heteroatoms. The number of Topliss-reactive ketones (excluding diaryl/α,β-unsaturated/α-hetero) is 1. The maximum atomic E-state index is 11.0. The van der Waals surface area contributed by atoms with Crippen molar-refractivity contribution >= 4 is 11.8 Å². The smallest absolute Gasteiger partial charge is 0.374 e. The molecule has 68 valence electrons. The number of ketones is 1. The van der Waals surface area contributed by atoms with Gasteiger partial charge in [0, 0.05) is 6.42 Å². The van der Waals surface area contributed by atoms with E-state index in [-0.39, 0.29) is 11.8 Å². The number of carbonyl (C=O) groups excluding carboxylic acids is 2. The Hall–Kier alpha value is -1.12. The third-order valence-corrected chi connectivity index (χ3v) is 1.58.